The molecule has 0 fully saturated rings. The number of nitrogens with one attached hydrogen (secondary N) is 2. The highest BCUT2D eigenvalue weighted by atomic mass is 16.5. The van der Waals surface area contributed by atoms with E-state index >= 15 is 0 Å². The molecule has 3 aromatic heterocycles. The molecule has 0 spiro atoms. The number of anilines is 1. The third-order valence-corrected chi connectivity index (χ3v) is 2.54. The van der Waals surface area contributed by atoms with Gasteiger partial charge in [0, 0.05) is 6.20 Å². The van der Waals surface area contributed by atoms with Crippen LogP contribution in [0.25, 0.3) is 5.82 Å². The molecule has 1 amide bonds. The molecule has 106 valence electrons. The Bertz CT molecular complexity index is 734. The Hall–Kier alpha value is -3.30. The van der Waals surface area contributed by atoms with Gasteiger partial charge in [0.25, 0.3) is 5.91 Å². The van der Waals surface area contributed by atoms with Crippen LogP contribution in [-0.2, 0) is 0 Å². The molecule has 3 heterocycles. The lowest BCUT2D eigenvalue weighted by molar-refractivity contribution is 0.102. The highest BCUT2D eigenvalue weighted by Gasteiger charge is 2.10. The smallest absolute Gasteiger partial charge is 0.336 e. The Labute approximate surface area is 118 Å². The van der Waals surface area contributed by atoms with Crippen LogP contribution in [0.1, 0.15) is 10.4 Å². The van der Waals surface area contributed by atoms with E-state index in [-0.39, 0.29) is 17.9 Å². The predicted octanol–water partition coefficient (Wildman–Crippen LogP) is 0.0413. The summed E-state index contributed by atoms with van der Waals surface area (Å²) >= 11 is 0. The fraction of sp³-hybridized carbons (Fsp3) is 0.0909. The minimum atomic E-state index is -0.369. The quantitative estimate of drug-likeness (QED) is 0.694. The first-order valence-electron chi connectivity index (χ1n) is 5.85. The second-order valence-electron chi connectivity index (χ2n) is 3.87. The van der Waals surface area contributed by atoms with Crippen LogP contribution < -0.4 is 10.1 Å². The summed E-state index contributed by atoms with van der Waals surface area (Å²) in [7, 11) is 1.43. The van der Waals surface area contributed by atoms with Crippen LogP contribution in [0.2, 0.25) is 0 Å². The number of ether oxygens (including phenoxy) is 1. The van der Waals surface area contributed by atoms with Gasteiger partial charge < -0.3 is 4.74 Å². The molecule has 0 aromatic carbocycles. The van der Waals surface area contributed by atoms with Crippen molar-refractivity contribution in [2.45, 2.75) is 0 Å². The van der Waals surface area contributed by atoms with Crippen LogP contribution in [0.15, 0.2) is 31.0 Å². The van der Waals surface area contributed by atoms with Crippen LogP contribution in [0.4, 0.5) is 5.95 Å². The number of methoxy groups -OCH3 is 1. The number of carbonyl (C=O) groups excluding carboxylic acids is 1. The number of aromatic amines is 1. The molecule has 0 unspecified atom stereocenters. The van der Waals surface area contributed by atoms with Gasteiger partial charge in [-0.2, -0.15) is 10.1 Å². The summed E-state index contributed by atoms with van der Waals surface area (Å²) in [5, 5.41) is 12.7. The van der Waals surface area contributed by atoms with E-state index < -0.39 is 0 Å². The van der Waals surface area contributed by atoms with Crippen LogP contribution in [0.5, 0.6) is 6.01 Å². The summed E-state index contributed by atoms with van der Waals surface area (Å²) in [6, 6.07) is 3.42. The normalized spacial score (nSPS) is 10.3. The van der Waals surface area contributed by atoms with E-state index in [4.69, 9.17) is 4.74 Å². The van der Waals surface area contributed by atoms with Crippen molar-refractivity contribution in [3.05, 3.63) is 36.5 Å². The molecular formula is C11H10N8O2. The van der Waals surface area contributed by atoms with Crippen molar-refractivity contribution in [2.75, 3.05) is 12.4 Å². The second kappa shape index (κ2) is 5.36. The summed E-state index contributed by atoms with van der Waals surface area (Å²) in [5.74, 6) is 0.383. The van der Waals surface area contributed by atoms with Gasteiger partial charge in [0.05, 0.1) is 12.7 Å². The first-order valence-corrected chi connectivity index (χ1v) is 5.85. The van der Waals surface area contributed by atoms with Gasteiger partial charge in [-0.05, 0) is 12.1 Å². The SMILES string of the molecule is COc1n[nH]c(NC(=O)c2ccc(-n3cncn3)nc2)n1. The van der Waals surface area contributed by atoms with Crippen LogP contribution in [0, 0.1) is 0 Å². The first kappa shape index (κ1) is 12.7. The Morgan fingerprint density at radius 2 is 2.33 bits per heavy atom. The average molecular weight is 286 g/mol. The monoisotopic (exact) mass is 286 g/mol. The van der Waals surface area contributed by atoms with Crippen molar-refractivity contribution >= 4 is 11.9 Å². The number of aromatic nitrogens is 7. The predicted molar refractivity (Wildman–Crippen MR) is 70.0 cm³/mol. The molecular weight excluding hydrogens is 276 g/mol. The van der Waals surface area contributed by atoms with E-state index in [9.17, 15) is 4.79 Å². The topological polar surface area (TPSA) is 124 Å². The third kappa shape index (κ3) is 2.68. The minimum absolute atomic E-state index is 0.143. The fourth-order valence-corrected chi connectivity index (χ4v) is 1.56. The number of carbonyl (C=O) groups is 1. The molecule has 0 aliphatic rings. The minimum Gasteiger partial charge on any atom is -0.466 e. The molecule has 21 heavy (non-hydrogen) atoms. The Kier molecular flexibility index (Phi) is 3.25. The summed E-state index contributed by atoms with van der Waals surface area (Å²) in [5.41, 5.74) is 0.370. The average Bonchev–Trinajstić information content (AvgIpc) is 3.19. The molecule has 0 aliphatic carbocycles. The van der Waals surface area contributed by atoms with Crippen LogP contribution in [0.3, 0.4) is 0 Å². The molecule has 10 nitrogen and oxygen atoms in total. The Morgan fingerprint density at radius 1 is 1.43 bits per heavy atom. The lowest BCUT2D eigenvalue weighted by Gasteiger charge is -2.02. The van der Waals surface area contributed by atoms with Gasteiger partial charge in [0.2, 0.25) is 5.95 Å². The van der Waals surface area contributed by atoms with Crippen molar-refractivity contribution in [2.24, 2.45) is 0 Å². The molecule has 3 rings (SSSR count). The molecule has 0 atom stereocenters. The zero-order valence-electron chi connectivity index (χ0n) is 10.9. The molecule has 2 N–H and O–H groups in total. The number of H-pyrrole nitrogens is 1. The van der Waals surface area contributed by atoms with Gasteiger partial charge in [-0.15, -0.1) is 5.10 Å². The lowest BCUT2D eigenvalue weighted by atomic mass is 10.2. The highest BCUT2D eigenvalue weighted by Crippen LogP contribution is 2.08. The molecule has 0 aliphatic heterocycles. The summed E-state index contributed by atoms with van der Waals surface area (Å²) in [6.45, 7) is 0. The van der Waals surface area contributed by atoms with Crippen LogP contribution in [-0.4, -0.2) is 47.9 Å². The maximum Gasteiger partial charge on any atom is 0.336 e. The van der Waals surface area contributed by atoms with E-state index in [1.807, 2.05) is 0 Å². The van der Waals surface area contributed by atoms with Gasteiger partial charge in [-0.3, -0.25) is 10.1 Å². The summed E-state index contributed by atoms with van der Waals surface area (Å²) in [6.07, 6.45) is 4.35. The number of hydrogen-bond acceptors (Lipinski definition) is 7. The van der Waals surface area contributed by atoms with E-state index in [0.29, 0.717) is 11.4 Å². The van der Waals surface area contributed by atoms with Gasteiger partial charge in [-0.25, -0.2) is 19.7 Å². The van der Waals surface area contributed by atoms with Crippen LogP contribution >= 0.6 is 0 Å². The van der Waals surface area contributed by atoms with Gasteiger partial charge in [0.15, 0.2) is 5.82 Å². The van der Waals surface area contributed by atoms with Gasteiger partial charge >= 0.3 is 6.01 Å². The molecule has 10 heteroatoms. The van der Waals surface area contributed by atoms with Crippen molar-refractivity contribution in [3.63, 3.8) is 0 Å². The molecule has 0 saturated carbocycles. The first-order chi connectivity index (χ1) is 10.3. The van der Waals surface area contributed by atoms with Crippen molar-refractivity contribution < 1.29 is 9.53 Å². The van der Waals surface area contributed by atoms with E-state index in [0.717, 1.165) is 0 Å². The standard InChI is InChI=1S/C11H10N8O2/c1-21-11-16-10(17-18-11)15-9(20)7-2-3-8(13-4-7)19-6-12-5-14-19/h2-6H,1H3,(H2,15,16,17,18,20). The van der Waals surface area contributed by atoms with Gasteiger partial charge in [0.1, 0.15) is 12.7 Å². The zero-order valence-corrected chi connectivity index (χ0v) is 10.9. The molecule has 3 aromatic rings. The lowest BCUT2D eigenvalue weighted by Crippen LogP contribution is -2.13. The molecule has 0 radical (unpaired) electrons. The largest absolute Gasteiger partial charge is 0.466 e. The maximum atomic E-state index is 12.0. The third-order valence-electron chi connectivity index (χ3n) is 2.54. The van der Waals surface area contributed by atoms with E-state index in [1.54, 1.807) is 12.1 Å². The number of amides is 1. The highest BCUT2D eigenvalue weighted by molar-refractivity contribution is 6.03. The number of nitrogens with zero attached hydrogens (tertiary/aromatic N) is 6. The number of hydrogen-bond donors (Lipinski definition) is 2. The fourth-order valence-electron chi connectivity index (χ4n) is 1.56. The summed E-state index contributed by atoms with van der Waals surface area (Å²) < 4.78 is 6.30. The number of rotatable bonds is 4. The van der Waals surface area contributed by atoms with Crippen molar-refractivity contribution in [3.8, 4) is 11.8 Å². The molecule has 0 saturated heterocycles. The zero-order chi connectivity index (χ0) is 14.7. The summed E-state index contributed by atoms with van der Waals surface area (Å²) in [4.78, 5) is 23.8. The number of pyridine rings is 1. The maximum absolute atomic E-state index is 12.0. The van der Waals surface area contributed by atoms with Crippen molar-refractivity contribution in [1.82, 2.24) is 34.9 Å². The Balaban J connectivity index is 1.73. The Morgan fingerprint density at radius 3 is 2.95 bits per heavy atom. The van der Waals surface area contributed by atoms with E-state index in [2.05, 4.69) is 35.6 Å². The second-order valence-corrected chi connectivity index (χ2v) is 3.87. The molecule has 0 bridgehead atoms. The van der Waals surface area contributed by atoms with E-state index in [1.165, 1.54) is 30.6 Å². The van der Waals surface area contributed by atoms with Gasteiger partial charge in [-0.1, -0.05) is 0 Å². The van der Waals surface area contributed by atoms with Crippen molar-refractivity contribution in [1.29, 1.82) is 0 Å².